The van der Waals surface area contributed by atoms with Gasteiger partial charge in [-0.15, -0.1) is 5.10 Å². The Morgan fingerprint density at radius 3 is 2.77 bits per heavy atom. The van der Waals surface area contributed by atoms with E-state index in [4.69, 9.17) is 23.2 Å². The molecule has 0 aliphatic carbocycles. The van der Waals surface area contributed by atoms with Crippen molar-refractivity contribution in [3.63, 3.8) is 0 Å². The van der Waals surface area contributed by atoms with E-state index in [2.05, 4.69) is 20.4 Å². The van der Waals surface area contributed by atoms with Crippen LogP contribution in [0.3, 0.4) is 0 Å². The van der Waals surface area contributed by atoms with Crippen molar-refractivity contribution in [3.05, 3.63) is 51.3 Å². The minimum Gasteiger partial charge on any atom is -0.349 e. The number of nitrogens with zero attached hydrogens (tertiary/aromatic N) is 4. The summed E-state index contributed by atoms with van der Waals surface area (Å²) in [4.78, 5) is 20.9. The Bertz CT molecular complexity index is 975. The second-order valence-corrected chi connectivity index (χ2v) is 7.67. The molecule has 1 amide bonds. The van der Waals surface area contributed by atoms with Gasteiger partial charge in [0.25, 0.3) is 5.78 Å². The molecule has 3 rings (SSSR count). The van der Waals surface area contributed by atoms with Crippen molar-refractivity contribution in [2.24, 2.45) is 0 Å². The van der Waals surface area contributed by atoms with E-state index in [0.717, 1.165) is 17.0 Å². The fraction of sp³-hybridized carbons (Fsp3) is 0.294. The SMILES string of the molecule is Cc1cc(C)n2nc(SCC(=O)NC(C)c3ccc(Cl)cc3Cl)nc2n1. The van der Waals surface area contributed by atoms with Crippen molar-refractivity contribution < 1.29 is 4.79 Å². The third kappa shape index (κ3) is 4.28. The second kappa shape index (κ2) is 7.82. The number of amides is 1. The Morgan fingerprint density at radius 2 is 2.04 bits per heavy atom. The fourth-order valence-corrected chi connectivity index (χ4v) is 3.75. The number of rotatable bonds is 5. The number of fused-ring (bicyclic) bond motifs is 1. The average Bonchev–Trinajstić information content (AvgIpc) is 2.96. The molecule has 0 bridgehead atoms. The van der Waals surface area contributed by atoms with Gasteiger partial charge in [-0.3, -0.25) is 4.79 Å². The molecule has 1 N–H and O–H groups in total. The maximum Gasteiger partial charge on any atom is 0.253 e. The van der Waals surface area contributed by atoms with E-state index >= 15 is 0 Å². The molecule has 1 atom stereocenters. The van der Waals surface area contributed by atoms with Crippen LogP contribution in [0.1, 0.15) is 29.9 Å². The van der Waals surface area contributed by atoms with Crippen molar-refractivity contribution >= 4 is 46.6 Å². The van der Waals surface area contributed by atoms with Gasteiger partial charge in [-0.2, -0.15) is 4.98 Å². The molecule has 6 nitrogen and oxygen atoms in total. The smallest absolute Gasteiger partial charge is 0.253 e. The summed E-state index contributed by atoms with van der Waals surface area (Å²) in [5, 5.41) is 8.89. The van der Waals surface area contributed by atoms with Gasteiger partial charge in [0.15, 0.2) is 0 Å². The van der Waals surface area contributed by atoms with Crippen molar-refractivity contribution in [2.45, 2.75) is 32.0 Å². The van der Waals surface area contributed by atoms with Crippen LogP contribution in [-0.4, -0.2) is 31.2 Å². The maximum absolute atomic E-state index is 12.2. The highest BCUT2D eigenvalue weighted by molar-refractivity contribution is 7.99. The molecule has 0 aliphatic rings. The molecular formula is C17H17Cl2N5OS. The van der Waals surface area contributed by atoms with Gasteiger partial charge < -0.3 is 5.32 Å². The number of carbonyl (C=O) groups excluding carboxylic acids is 1. The Morgan fingerprint density at radius 1 is 1.27 bits per heavy atom. The number of hydrogen-bond acceptors (Lipinski definition) is 5. The normalized spacial score (nSPS) is 12.3. The average molecular weight is 410 g/mol. The summed E-state index contributed by atoms with van der Waals surface area (Å²) in [7, 11) is 0. The summed E-state index contributed by atoms with van der Waals surface area (Å²) in [5.41, 5.74) is 2.64. The number of hydrogen-bond donors (Lipinski definition) is 1. The molecular weight excluding hydrogens is 393 g/mol. The first kappa shape index (κ1) is 18.9. The summed E-state index contributed by atoms with van der Waals surface area (Å²) in [6, 6.07) is 6.92. The van der Waals surface area contributed by atoms with Crippen LogP contribution in [0.25, 0.3) is 5.78 Å². The maximum atomic E-state index is 12.2. The lowest BCUT2D eigenvalue weighted by Crippen LogP contribution is -2.28. The first-order valence-corrected chi connectivity index (χ1v) is 9.66. The van der Waals surface area contributed by atoms with Crippen LogP contribution in [0.15, 0.2) is 29.4 Å². The first-order chi connectivity index (χ1) is 12.3. The van der Waals surface area contributed by atoms with Gasteiger partial charge in [0.1, 0.15) is 0 Å². The number of benzene rings is 1. The van der Waals surface area contributed by atoms with E-state index in [9.17, 15) is 4.79 Å². The lowest BCUT2D eigenvalue weighted by molar-refractivity contribution is -0.119. The molecule has 1 aromatic carbocycles. The fourth-order valence-electron chi connectivity index (χ4n) is 2.55. The predicted molar refractivity (Wildman–Crippen MR) is 104 cm³/mol. The molecule has 0 saturated carbocycles. The van der Waals surface area contributed by atoms with E-state index in [1.54, 1.807) is 16.6 Å². The third-order valence-corrected chi connectivity index (χ3v) is 5.14. The van der Waals surface area contributed by atoms with Crippen LogP contribution in [0.2, 0.25) is 10.0 Å². The second-order valence-electron chi connectivity index (χ2n) is 5.89. The van der Waals surface area contributed by atoms with Crippen LogP contribution in [-0.2, 0) is 4.79 Å². The molecule has 2 aromatic heterocycles. The van der Waals surface area contributed by atoms with Gasteiger partial charge in [-0.05, 0) is 44.5 Å². The minimum atomic E-state index is -0.228. The van der Waals surface area contributed by atoms with E-state index in [-0.39, 0.29) is 17.7 Å². The standard InChI is InChI=1S/C17H17Cl2N5OS/c1-9-6-10(2)24-16(20-9)22-17(23-24)26-8-15(25)21-11(3)13-5-4-12(18)7-14(13)19/h4-7,11H,8H2,1-3H3,(H,21,25). The van der Waals surface area contributed by atoms with E-state index < -0.39 is 0 Å². The largest absolute Gasteiger partial charge is 0.349 e. The topological polar surface area (TPSA) is 72.2 Å². The summed E-state index contributed by atoms with van der Waals surface area (Å²) in [5.74, 6) is 0.602. The van der Waals surface area contributed by atoms with Gasteiger partial charge >= 0.3 is 0 Å². The summed E-state index contributed by atoms with van der Waals surface area (Å²) in [6.45, 7) is 5.72. The van der Waals surface area contributed by atoms with E-state index in [0.29, 0.717) is 21.0 Å². The van der Waals surface area contributed by atoms with Crippen LogP contribution >= 0.6 is 35.0 Å². The number of aromatic nitrogens is 4. The zero-order valence-electron chi connectivity index (χ0n) is 14.5. The first-order valence-electron chi connectivity index (χ1n) is 7.91. The van der Waals surface area contributed by atoms with Gasteiger partial charge in [-0.1, -0.05) is 41.0 Å². The van der Waals surface area contributed by atoms with E-state index in [1.165, 1.54) is 11.8 Å². The zero-order chi connectivity index (χ0) is 18.8. The molecule has 3 aromatic rings. The summed E-state index contributed by atoms with van der Waals surface area (Å²) in [6.07, 6.45) is 0. The van der Waals surface area contributed by atoms with Crippen LogP contribution in [0.4, 0.5) is 0 Å². The molecule has 136 valence electrons. The van der Waals surface area contributed by atoms with Crippen molar-refractivity contribution in [1.82, 2.24) is 24.9 Å². The highest BCUT2D eigenvalue weighted by Crippen LogP contribution is 2.26. The number of thioether (sulfide) groups is 1. The quantitative estimate of drug-likeness (QED) is 0.644. The van der Waals surface area contributed by atoms with E-state index in [1.807, 2.05) is 32.9 Å². The highest BCUT2D eigenvalue weighted by atomic mass is 35.5. The number of aryl methyl sites for hydroxylation is 2. The third-order valence-electron chi connectivity index (χ3n) is 3.74. The molecule has 2 heterocycles. The van der Waals surface area contributed by atoms with Gasteiger partial charge in [0.2, 0.25) is 11.1 Å². The lowest BCUT2D eigenvalue weighted by Gasteiger charge is -2.15. The Labute approximate surface area is 165 Å². The zero-order valence-corrected chi connectivity index (χ0v) is 16.8. The van der Waals surface area contributed by atoms with Gasteiger partial charge in [-0.25, -0.2) is 9.50 Å². The molecule has 1 unspecified atom stereocenters. The van der Waals surface area contributed by atoms with Gasteiger partial charge in [0, 0.05) is 21.4 Å². The summed E-state index contributed by atoms with van der Waals surface area (Å²) >= 11 is 13.3. The molecule has 0 saturated heterocycles. The molecule has 9 heteroatoms. The molecule has 26 heavy (non-hydrogen) atoms. The van der Waals surface area contributed by atoms with Gasteiger partial charge in [0.05, 0.1) is 11.8 Å². The Hall–Kier alpha value is -1.83. The highest BCUT2D eigenvalue weighted by Gasteiger charge is 2.15. The van der Waals surface area contributed by atoms with Crippen molar-refractivity contribution in [1.29, 1.82) is 0 Å². The van der Waals surface area contributed by atoms with Crippen LogP contribution in [0.5, 0.6) is 0 Å². The number of carbonyl (C=O) groups is 1. The summed E-state index contributed by atoms with van der Waals surface area (Å²) < 4.78 is 1.67. The Balaban J connectivity index is 1.63. The minimum absolute atomic E-state index is 0.131. The molecule has 0 radical (unpaired) electrons. The number of nitrogens with one attached hydrogen (secondary N) is 1. The molecule has 0 aliphatic heterocycles. The predicted octanol–water partition coefficient (Wildman–Crippen LogP) is 4.02. The van der Waals surface area contributed by atoms with Crippen molar-refractivity contribution in [3.8, 4) is 0 Å². The monoisotopic (exact) mass is 409 g/mol. The lowest BCUT2D eigenvalue weighted by atomic mass is 10.1. The molecule has 0 spiro atoms. The van der Waals surface area contributed by atoms with Crippen molar-refractivity contribution in [2.75, 3.05) is 5.75 Å². The van der Waals surface area contributed by atoms with Crippen LogP contribution < -0.4 is 5.32 Å². The Kier molecular flexibility index (Phi) is 5.70. The number of halogens is 2. The molecule has 0 fully saturated rings. The van der Waals surface area contributed by atoms with Crippen LogP contribution in [0, 0.1) is 13.8 Å².